The third kappa shape index (κ3) is 4.33. The highest BCUT2D eigenvalue weighted by atomic mass is 32.2. The minimum Gasteiger partial charge on any atom is -0.337 e. The Hall–Kier alpha value is -0.480. The van der Waals surface area contributed by atoms with E-state index in [1.54, 1.807) is 0 Å². The van der Waals surface area contributed by atoms with Gasteiger partial charge < -0.3 is 10.3 Å². The zero-order valence-corrected chi connectivity index (χ0v) is 8.83. The monoisotopic (exact) mass is 199 g/mol. The lowest BCUT2D eigenvalue weighted by molar-refractivity contribution is 0.674. The molecule has 1 aromatic rings. The average Bonchev–Trinajstić information content (AvgIpc) is 2.64. The van der Waals surface area contributed by atoms with Gasteiger partial charge in [-0.05, 0) is 18.2 Å². The molecule has 1 rings (SSSR count). The van der Waals surface area contributed by atoms with E-state index in [1.165, 1.54) is 0 Å². The van der Waals surface area contributed by atoms with E-state index >= 15 is 0 Å². The van der Waals surface area contributed by atoms with E-state index in [4.69, 9.17) is 5.73 Å². The zero-order valence-electron chi connectivity index (χ0n) is 8.02. The Morgan fingerprint density at radius 1 is 1.62 bits per heavy atom. The predicted molar refractivity (Wildman–Crippen MR) is 57.8 cm³/mol. The van der Waals surface area contributed by atoms with E-state index in [0.717, 1.165) is 24.6 Å². The van der Waals surface area contributed by atoms with Gasteiger partial charge in [-0.3, -0.25) is 0 Å². The second kappa shape index (κ2) is 6.05. The molecule has 74 valence electrons. The summed E-state index contributed by atoms with van der Waals surface area (Å²) in [5.41, 5.74) is 5.52. The molecule has 4 heteroatoms. The van der Waals surface area contributed by atoms with Crippen molar-refractivity contribution >= 4 is 11.8 Å². The average molecular weight is 199 g/mol. The van der Waals surface area contributed by atoms with Crippen LogP contribution in [0.5, 0.6) is 0 Å². The second-order valence-corrected chi connectivity index (χ2v) is 4.37. The van der Waals surface area contributed by atoms with E-state index in [-0.39, 0.29) is 0 Å². The van der Waals surface area contributed by atoms with Crippen LogP contribution in [0.1, 0.15) is 6.92 Å². The van der Waals surface area contributed by atoms with E-state index < -0.39 is 0 Å². The summed E-state index contributed by atoms with van der Waals surface area (Å²) in [5, 5.41) is 0. The zero-order chi connectivity index (χ0) is 9.52. The number of aromatic nitrogens is 2. The van der Waals surface area contributed by atoms with Gasteiger partial charge in [-0.15, -0.1) is 0 Å². The fourth-order valence-corrected chi connectivity index (χ4v) is 1.99. The lowest BCUT2D eigenvalue weighted by Crippen LogP contribution is -2.13. The number of hydrogen-bond donors (Lipinski definition) is 1. The van der Waals surface area contributed by atoms with Gasteiger partial charge in [-0.2, -0.15) is 11.8 Å². The molecule has 0 aliphatic rings. The van der Waals surface area contributed by atoms with E-state index in [0.29, 0.717) is 5.92 Å². The van der Waals surface area contributed by atoms with Crippen LogP contribution in [0, 0.1) is 5.92 Å². The van der Waals surface area contributed by atoms with Crippen molar-refractivity contribution in [1.29, 1.82) is 0 Å². The summed E-state index contributed by atoms with van der Waals surface area (Å²) in [5.74, 6) is 2.93. The molecular formula is C9H17N3S. The number of hydrogen-bond acceptors (Lipinski definition) is 3. The maximum Gasteiger partial charge on any atom is 0.0946 e. The van der Waals surface area contributed by atoms with Gasteiger partial charge in [0.15, 0.2) is 0 Å². The van der Waals surface area contributed by atoms with Crippen LogP contribution < -0.4 is 5.73 Å². The summed E-state index contributed by atoms with van der Waals surface area (Å²) in [7, 11) is 0. The van der Waals surface area contributed by atoms with Crippen LogP contribution in [0.2, 0.25) is 0 Å². The molecule has 0 aromatic carbocycles. The summed E-state index contributed by atoms with van der Waals surface area (Å²) in [6, 6.07) is 0. The van der Waals surface area contributed by atoms with Crippen molar-refractivity contribution in [2.75, 3.05) is 18.1 Å². The van der Waals surface area contributed by atoms with Crippen LogP contribution in [0.15, 0.2) is 18.7 Å². The molecule has 0 saturated carbocycles. The Morgan fingerprint density at radius 3 is 3.08 bits per heavy atom. The molecule has 0 aliphatic carbocycles. The van der Waals surface area contributed by atoms with E-state index in [2.05, 4.69) is 16.5 Å². The molecular weight excluding hydrogens is 182 g/mol. The molecule has 1 heterocycles. The quantitative estimate of drug-likeness (QED) is 0.700. The lowest BCUT2D eigenvalue weighted by Gasteiger charge is -2.07. The van der Waals surface area contributed by atoms with Crippen LogP contribution in [-0.2, 0) is 6.54 Å². The van der Waals surface area contributed by atoms with Crippen molar-refractivity contribution in [3.05, 3.63) is 18.7 Å². The number of rotatable bonds is 6. The van der Waals surface area contributed by atoms with Gasteiger partial charge in [-0.1, -0.05) is 6.92 Å². The normalized spacial score (nSPS) is 13.1. The number of nitrogens with two attached hydrogens (primary N) is 1. The summed E-state index contributed by atoms with van der Waals surface area (Å²) in [6.45, 7) is 4.02. The summed E-state index contributed by atoms with van der Waals surface area (Å²) in [4.78, 5) is 3.99. The van der Waals surface area contributed by atoms with E-state index in [9.17, 15) is 0 Å². The van der Waals surface area contributed by atoms with Crippen molar-refractivity contribution in [2.45, 2.75) is 13.5 Å². The Morgan fingerprint density at radius 2 is 2.46 bits per heavy atom. The lowest BCUT2D eigenvalue weighted by atomic mass is 10.2. The van der Waals surface area contributed by atoms with Crippen molar-refractivity contribution in [1.82, 2.24) is 9.55 Å². The third-order valence-corrected chi connectivity index (χ3v) is 3.13. The molecule has 0 bridgehead atoms. The molecule has 0 fully saturated rings. The fourth-order valence-electron chi connectivity index (χ4n) is 0.942. The van der Waals surface area contributed by atoms with Crippen molar-refractivity contribution in [3.8, 4) is 0 Å². The fraction of sp³-hybridized carbons (Fsp3) is 0.667. The van der Waals surface area contributed by atoms with Crippen molar-refractivity contribution in [3.63, 3.8) is 0 Å². The van der Waals surface area contributed by atoms with Crippen LogP contribution in [0.4, 0.5) is 0 Å². The summed E-state index contributed by atoms with van der Waals surface area (Å²) >= 11 is 1.96. The van der Waals surface area contributed by atoms with E-state index in [1.807, 2.05) is 30.5 Å². The topological polar surface area (TPSA) is 43.8 Å². The maximum atomic E-state index is 5.52. The SMILES string of the molecule is CC(CN)CSCCn1ccnc1. The molecule has 0 radical (unpaired) electrons. The van der Waals surface area contributed by atoms with Gasteiger partial charge in [0, 0.05) is 24.7 Å². The first kappa shape index (κ1) is 10.6. The first-order valence-corrected chi connectivity index (χ1v) is 5.72. The molecule has 3 nitrogen and oxygen atoms in total. The van der Waals surface area contributed by atoms with Gasteiger partial charge in [-0.25, -0.2) is 4.98 Å². The highest BCUT2D eigenvalue weighted by Crippen LogP contribution is 2.07. The largest absolute Gasteiger partial charge is 0.337 e. The predicted octanol–water partition coefficient (Wildman–Crippen LogP) is 1.21. The van der Waals surface area contributed by atoms with Gasteiger partial charge in [0.1, 0.15) is 0 Å². The number of imidazole rings is 1. The smallest absolute Gasteiger partial charge is 0.0946 e. The summed E-state index contributed by atoms with van der Waals surface area (Å²) in [6.07, 6.45) is 5.66. The van der Waals surface area contributed by atoms with Crippen molar-refractivity contribution in [2.24, 2.45) is 11.7 Å². The Labute approximate surface area is 83.7 Å². The van der Waals surface area contributed by atoms with Gasteiger partial charge in [0.2, 0.25) is 0 Å². The first-order valence-electron chi connectivity index (χ1n) is 4.56. The molecule has 0 aliphatic heterocycles. The number of aryl methyl sites for hydroxylation is 1. The second-order valence-electron chi connectivity index (χ2n) is 3.22. The Balaban J connectivity index is 2.02. The van der Waals surface area contributed by atoms with Gasteiger partial charge in [0.25, 0.3) is 0 Å². The molecule has 0 spiro atoms. The molecule has 1 unspecified atom stereocenters. The Bertz CT molecular complexity index is 211. The van der Waals surface area contributed by atoms with Gasteiger partial charge in [0.05, 0.1) is 6.33 Å². The Kier molecular flexibility index (Phi) is 4.93. The highest BCUT2D eigenvalue weighted by Gasteiger charge is 1.98. The number of thioether (sulfide) groups is 1. The standard InChI is InChI=1S/C9H17N3S/c1-9(6-10)7-13-5-4-12-3-2-11-8-12/h2-3,8-9H,4-7,10H2,1H3. The van der Waals surface area contributed by atoms with Crippen LogP contribution in [0.25, 0.3) is 0 Å². The molecule has 1 aromatic heterocycles. The minimum absolute atomic E-state index is 0.632. The van der Waals surface area contributed by atoms with Crippen LogP contribution >= 0.6 is 11.8 Å². The molecule has 0 saturated heterocycles. The molecule has 1 atom stereocenters. The molecule has 2 N–H and O–H groups in total. The highest BCUT2D eigenvalue weighted by molar-refractivity contribution is 7.99. The van der Waals surface area contributed by atoms with Crippen LogP contribution in [-0.4, -0.2) is 27.6 Å². The van der Waals surface area contributed by atoms with Crippen molar-refractivity contribution < 1.29 is 0 Å². The van der Waals surface area contributed by atoms with Crippen LogP contribution in [0.3, 0.4) is 0 Å². The molecule has 0 amide bonds. The van der Waals surface area contributed by atoms with Gasteiger partial charge >= 0.3 is 0 Å². The maximum absolute atomic E-state index is 5.52. The first-order chi connectivity index (χ1) is 6.33. The molecule has 13 heavy (non-hydrogen) atoms. The minimum atomic E-state index is 0.632. The number of nitrogens with zero attached hydrogens (tertiary/aromatic N) is 2. The summed E-state index contributed by atoms with van der Waals surface area (Å²) < 4.78 is 2.10. The third-order valence-electron chi connectivity index (χ3n) is 1.86.